The number of pyridine rings is 1. The molecule has 1 amide bonds. The third kappa shape index (κ3) is 3.64. The molecule has 0 aliphatic carbocycles. The molecule has 0 saturated carbocycles. The average Bonchev–Trinajstić information content (AvgIpc) is 2.56. The van der Waals surface area contributed by atoms with E-state index in [1.807, 2.05) is 0 Å². The Balaban J connectivity index is 2.20. The summed E-state index contributed by atoms with van der Waals surface area (Å²) in [6, 6.07) is 1.20. The van der Waals surface area contributed by atoms with Gasteiger partial charge in [0.15, 0.2) is 0 Å². The van der Waals surface area contributed by atoms with Crippen molar-refractivity contribution in [2.24, 2.45) is 5.92 Å². The summed E-state index contributed by atoms with van der Waals surface area (Å²) in [5.41, 5.74) is 0. The van der Waals surface area contributed by atoms with Crippen LogP contribution in [0.25, 0.3) is 0 Å². The van der Waals surface area contributed by atoms with Gasteiger partial charge in [0.1, 0.15) is 11.6 Å². The molecule has 0 radical (unpaired) electrons. The van der Waals surface area contributed by atoms with E-state index in [0.29, 0.717) is 4.47 Å². The third-order valence-corrected chi connectivity index (χ3v) is 4.52. The van der Waals surface area contributed by atoms with Gasteiger partial charge < -0.3 is 0 Å². The predicted octanol–water partition coefficient (Wildman–Crippen LogP) is 1.90. The van der Waals surface area contributed by atoms with Gasteiger partial charge in [0.25, 0.3) is 0 Å². The first kappa shape index (κ1) is 14.7. The van der Waals surface area contributed by atoms with Crippen LogP contribution in [0.1, 0.15) is 6.42 Å². The maximum Gasteiger partial charge on any atom is 0.232 e. The van der Waals surface area contributed by atoms with E-state index < -0.39 is 14.9 Å². The van der Waals surface area contributed by atoms with Crippen LogP contribution in [-0.2, 0) is 13.8 Å². The van der Waals surface area contributed by atoms with E-state index in [-0.39, 0.29) is 36.4 Å². The molecule has 9 heteroatoms. The summed E-state index contributed by atoms with van der Waals surface area (Å²) >= 11 is 3.13. The summed E-state index contributed by atoms with van der Waals surface area (Å²) in [6.45, 7) is 0.196. The van der Waals surface area contributed by atoms with Crippen LogP contribution in [-0.4, -0.2) is 31.6 Å². The van der Waals surface area contributed by atoms with Gasteiger partial charge >= 0.3 is 0 Å². The van der Waals surface area contributed by atoms with Gasteiger partial charge in [0, 0.05) is 29.6 Å². The number of nitrogens with zero attached hydrogens (tertiary/aromatic N) is 2. The minimum absolute atomic E-state index is 0.0808. The minimum atomic E-state index is -3.65. The molecule has 1 aliphatic rings. The van der Waals surface area contributed by atoms with Crippen molar-refractivity contribution in [3.8, 4) is 0 Å². The molecule has 1 aliphatic heterocycles. The van der Waals surface area contributed by atoms with Crippen LogP contribution in [0.2, 0.25) is 0 Å². The van der Waals surface area contributed by atoms with Gasteiger partial charge in [-0.05, 0) is 22.0 Å². The van der Waals surface area contributed by atoms with Crippen LogP contribution in [0, 0.1) is 11.7 Å². The second-order valence-electron chi connectivity index (χ2n) is 4.24. The zero-order valence-electron chi connectivity index (χ0n) is 9.51. The van der Waals surface area contributed by atoms with Gasteiger partial charge in [-0.1, -0.05) is 0 Å². The fraction of sp³-hybridized carbons (Fsp3) is 0.400. The SMILES string of the molecule is O=C1CC(CS(=O)(=O)Cl)CN1c1ncc(F)cc1Br. The highest BCUT2D eigenvalue weighted by Crippen LogP contribution is 2.30. The van der Waals surface area contributed by atoms with Gasteiger partial charge in [0.2, 0.25) is 15.0 Å². The Hall–Kier alpha value is -0.730. The van der Waals surface area contributed by atoms with E-state index in [9.17, 15) is 17.6 Å². The van der Waals surface area contributed by atoms with E-state index in [2.05, 4.69) is 20.9 Å². The van der Waals surface area contributed by atoms with Gasteiger partial charge in [-0.25, -0.2) is 17.8 Å². The van der Waals surface area contributed by atoms with Crippen LogP contribution in [0.15, 0.2) is 16.7 Å². The largest absolute Gasteiger partial charge is 0.296 e. The van der Waals surface area contributed by atoms with E-state index >= 15 is 0 Å². The number of hydrogen-bond acceptors (Lipinski definition) is 4. The number of rotatable bonds is 3. The van der Waals surface area contributed by atoms with Crippen LogP contribution in [0.4, 0.5) is 10.2 Å². The molecule has 0 bridgehead atoms. The lowest BCUT2D eigenvalue weighted by atomic mass is 10.1. The first-order valence-corrected chi connectivity index (χ1v) is 8.57. The second kappa shape index (κ2) is 5.34. The Morgan fingerprint density at radius 1 is 1.58 bits per heavy atom. The third-order valence-electron chi connectivity index (χ3n) is 2.68. The molecule has 2 rings (SSSR count). The van der Waals surface area contributed by atoms with E-state index in [1.54, 1.807) is 0 Å². The van der Waals surface area contributed by atoms with Crippen molar-refractivity contribution in [1.82, 2.24) is 4.98 Å². The van der Waals surface area contributed by atoms with Gasteiger partial charge in [0.05, 0.1) is 16.4 Å². The molecule has 1 unspecified atom stereocenters. The standard InChI is InChI=1S/C10H9BrClFN2O3S/c11-8-2-7(13)3-14-10(8)15-4-6(1-9(15)16)5-19(12,17)18/h2-3,6H,1,4-5H2. The highest BCUT2D eigenvalue weighted by molar-refractivity contribution is 9.10. The molecular formula is C10H9BrClFN2O3S. The number of aromatic nitrogens is 1. The molecule has 0 spiro atoms. The first-order chi connectivity index (χ1) is 8.76. The van der Waals surface area contributed by atoms with Gasteiger partial charge in [-0.15, -0.1) is 0 Å². The molecule has 5 nitrogen and oxygen atoms in total. The lowest BCUT2D eigenvalue weighted by Gasteiger charge is -2.16. The Bertz CT molecular complexity index is 625. The number of halogens is 3. The fourth-order valence-corrected chi connectivity index (χ4v) is 3.84. The van der Waals surface area contributed by atoms with Crippen molar-refractivity contribution in [3.05, 3.63) is 22.6 Å². The van der Waals surface area contributed by atoms with Crippen molar-refractivity contribution in [2.75, 3.05) is 17.2 Å². The van der Waals surface area contributed by atoms with Crippen LogP contribution in [0.3, 0.4) is 0 Å². The molecule has 0 aromatic carbocycles. The summed E-state index contributed by atoms with van der Waals surface area (Å²) in [5, 5.41) is 0. The number of anilines is 1. The number of amides is 1. The highest BCUT2D eigenvalue weighted by atomic mass is 79.9. The van der Waals surface area contributed by atoms with Crippen molar-refractivity contribution in [2.45, 2.75) is 6.42 Å². The monoisotopic (exact) mass is 370 g/mol. The Morgan fingerprint density at radius 2 is 2.26 bits per heavy atom. The Kier molecular flexibility index (Phi) is 4.12. The van der Waals surface area contributed by atoms with Crippen molar-refractivity contribution in [3.63, 3.8) is 0 Å². The Labute approximate surface area is 122 Å². The number of carbonyl (C=O) groups excluding carboxylic acids is 1. The lowest BCUT2D eigenvalue weighted by Crippen LogP contribution is -2.26. The zero-order chi connectivity index (χ0) is 14.2. The molecule has 1 fully saturated rings. The predicted molar refractivity (Wildman–Crippen MR) is 72.0 cm³/mol. The molecule has 19 heavy (non-hydrogen) atoms. The summed E-state index contributed by atoms with van der Waals surface area (Å²) in [4.78, 5) is 17.0. The number of carbonyl (C=O) groups is 1. The smallest absolute Gasteiger partial charge is 0.232 e. The summed E-state index contributed by atoms with van der Waals surface area (Å²) in [5.74, 6) is -1.16. The zero-order valence-corrected chi connectivity index (χ0v) is 12.7. The highest BCUT2D eigenvalue weighted by Gasteiger charge is 2.34. The normalized spacial score (nSPS) is 20.1. The molecule has 104 valence electrons. The van der Waals surface area contributed by atoms with Crippen molar-refractivity contribution < 1.29 is 17.6 Å². The molecule has 2 heterocycles. The van der Waals surface area contributed by atoms with Crippen LogP contribution < -0.4 is 4.90 Å². The Morgan fingerprint density at radius 3 is 2.84 bits per heavy atom. The maximum atomic E-state index is 12.9. The van der Waals surface area contributed by atoms with Gasteiger partial charge in [-0.2, -0.15) is 0 Å². The molecule has 1 saturated heterocycles. The topological polar surface area (TPSA) is 67.3 Å². The number of hydrogen-bond donors (Lipinski definition) is 0. The first-order valence-electron chi connectivity index (χ1n) is 5.30. The fourth-order valence-electron chi connectivity index (χ4n) is 1.99. The van der Waals surface area contributed by atoms with E-state index in [1.165, 1.54) is 11.0 Å². The van der Waals surface area contributed by atoms with E-state index in [0.717, 1.165) is 6.20 Å². The van der Waals surface area contributed by atoms with Crippen LogP contribution >= 0.6 is 26.6 Å². The molecule has 1 aromatic rings. The summed E-state index contributed by atoms with van der Waals surface area (Å²) in [6.07, 6.45) is 1.08. The van der Waals surface area contributed by atoms with E-state index in [4.69, 9.17) is 10.7 Å². The van der Waals surface area contributed by atoms with Crippen molar-refractivity contribution in [1.29, 1.82) is 0 Å². The average molecular weight is 372 g/mol. The molecular weight excluding hydrogens is 363 g/mol. The summed E-state index contributed by atoms with van der Waals surface area (Å²) in [7, 11) is 1.52. The molecule has 1 atom stereocenters. The van der Waals surface area contributed by atoms with Gasteiger partial charge in [-0.3, -0.25) is 9.69 Å². The maximum absolute atomic E-state index is 12.9. The van der Waals surface area contributed by atoms with Crippen LogP contribution in [0.5, 0.6) is 0 Å². The minimum Gasteiger partial charge on any atom is -0.296 e. The molecule has 1 aromatic heterocycles. The van der Waals surface area contributed by atoms with Crippen molar-refractivity contribution >= 4 is 47.4 Å². The quantitative estimate of drug-likeness (QED) is 0.761. The molecule has 0 N–H and O–H groups in total. The summed E-state index contributed by atoms with van der Waals surface area (Å²) < 4.78 is 35.3. The lowest BCUT2D eigenvalue weighted by molar-refractivity contribution is -0.117. The second-order valence-corrected chi connectivity index (χ2v) is 7.91.